The highest BCUT2D eigenvalue weighted by molar-refractivity contribution is 7.80. The van der Waals surface area contributed by atoms with Gasteiger partial charge in [-0.1, -0.05) is 44.3 Å². The number of carbonyl (C=O) groups is 1. The van der Waals surface area contributed by atoms with Crippen molar-refractivity contribution in [2.45, 2.75) is 20.3 Å². The molecule has 1 heterocycles. The molecule has 0 radical (unpaired) electrons. The van der Waals surface area contributed by atoms with Gasteiger partial charge in [-0.25, -0.2) is 0 Å². The van der Waals surface area contributed by atoms with Gasteiger partial charge in [0.15, 0.2) is 0 Å². The lowest BCUT2D eigenvalue weighted by atomic mass is 10.1. The lowest BCUT2D eigenvalue weighted by molar-refractivity contribution is 0.0743. The van der Waals surface area contributed by atoms with E-state index >= 15 is 0 Å². The molecule has 5 heteroatoms. The smallest absolute Gasteiger partial charge is 0.255 e. The molecule has 0 unspecified atom stereocenters. The summed E-state index contributed by atoms with van der Waals surface area (Å²) in [5.74, 6) is 0.475. The van der Waals surface area contributed by atoms with Crippen LogP contribution in [0.15, 0.2) is 29.6 Å². The first kappa shape index (κ1) is 15.9. The first-order chi connectivity index (χ1) is 9.99. The molecule has 2 rings (SSSR count). The largest absolute Gasteiger partial charge is 0.393 e. The number of fused-ring (bicyclic) bond motifs is 1. The van der Waals surface area contributed by atoms with Crippen molar-refractivity contribution in [1.82, 2.24) is 4.90 Å². The Hall–Kier alpha value is -1.46. The van der Waals surface area contributed by atoms with E-state index in [9.17, 15) is 4.79 Å². The standard InChI is InChI=1S/C16H20N2OS2/c1-11(2)9-18(8-7-15(17)20)16(19)13-10-21-14-6-4-3-5-12(13)14/h3-6,10-11H,7-9H2,1-2H3,(H2,17,20). The molecule has 0 aliphatic carbocycles. The van der Waals surface area contributed by atoms with Gasteiger partial charge in [0, 0.05) is 35.0 Å². The summed E-state index contributed by atoms with van der Waals surface area (Å²) in [4.78, 5) is 15.1. The molecule has 0 saturated heterocycles. The first-order valence-corrected chi connectivity index (χ1v) is 8.31. The van der Waals surface area contributed by atoms with Crippen LogP contribution in [-0.2, 0) is 0 Å². The number of hydrogen-bond acceptors (Lipinski definition) is 3. The molecule has 1 amide bonds. The quantitative estimate of drug-likeness (QED) is 0.826. The Kier molecular flexibility index (Phi) is 5.31. The van der Waals surface area contributed by atoms with Crippen LogP contribution in [0.25, 0.3) is 10.1 Å². The van der Waals surface area contributed by atoms with Crippen molar-refractivity contribution in [2.75, 3.05) is 13.1 Å². The van der Waals surface area contributed by atoms with Crippen molar-refractivity contribution in [2.24, 2.45) is 11.7 Å². The predicted molar refractivity (Wildman–Crippen MR) is 94.0 cm³/mol. The minimum Gasteiger partial charge on any atom is -0.393 e. The lowest BCUT2D eigenvalue weighted by Crippen LogP contribution is -2.36. The minimum absolute atomic E-state index is 0.0670. The SMILES string of the molecule is CC(C)CN(CCC(N)=S)C(=O)c1csc2ccccc12. The summed E-state index contributed by atoms with van der Waals surface area (Å²) < 4.78 is 1.14. The van der Waals surface area contributed by atoms with Gasteiger partial charge >= 0.3 is 0 Å². The zero-order valence-corrected chi connectivity index (χ0v) is 14.0. The molecular formula is C16H20N2OS2. The van der Waals surface area contributed by atoms with Gasteiger partial charge in [-0.15, -0.1) is 11.3 Å². The molecule has 1 aromatic carbocycles. The third-order valence-electron chi connectivity index (χ3n) is 3.21. The van der Waals surface area contributed by atoms with E-state index in [0.717, 1.165) is 15.6 Å². The molecule has 3 nitrogen and oxygen atoms in total. The number of nitrogens with two attached hydrogens (primary N) is 1. The van der Waals surface area contributed by atoms with Gasteiger partial charge in [-0.05, 0) is 12.0 Å². The molecule has 2 aromatic rings. The molecule has 0 saturated carbocycles. The molecule has 0 bridgehead atoms. The third-order valence-corrected chi connectivity index (χ3v) is 4.38. The third kappa shape index (κ3) is 4.02. The Morgan fingerprint density at radius 1 is 1.38 bits per heavy atom. The Morgan fingerprint density at radius 2 is 2.10 bits per heavy atom. The monoisotopic (exact) mass is 320 g/mol. The van der Waals surface area contributed by atoms with E-state index in [1.165, 1.54) is 0 Å². The number of thiocarbonyl (C=S) groups is 1. The average Bonchev–Trinajstić information content (AvgIpc) is 2.86. The summed E-state index contributed by atoms with van der Waals surface area (Å²) in [6.45, 7) is 5.50. The summed E-state index contributed by atoms with van der Waals surface area (Å²) in [5, 5.41) is 2.97. The van der Waals surface area contributed by atoms with Crippen LogP contribution in [0.1, 0.15) is 30.6 Å². The maximum atomic E-state index is 12.8. The molecule has 1 aromatic heterocycles. The minimum atomic E-state index is 0.0670. The van der Waals surface area contributed by atoms with Gasteiger partial charge in [-0.2, -0.15) is 0 Å². The zero-order valence-electron chi connectivity index (χ0n) is 12.3. The molecular weight excluding hydrogens is 300 g/mol. The fourth-order valence-corrected chi connectivity index (χ4v) is 3.30. The summed E-state index contributed by atoms with van der Waals surface area (Å²) in [6.07, 6.45) is 0.565. The zero-order chi connectivity index (χ0) is 15.4. The number of carbonyl (C=O) groups excluding carboxylic acids is 1. The molecule has 21 heavy (non-hydrogen) atoms. The molecule has 112 valence electrons. The van der Waals surface area contributed by atoms with Gasteiger partial charge in [0.05, 0.1) is 10.6 Å². The molecule has 0 aliphatic rings. The number of benzene rings is 1. The van der Waals surface area contributed by atoms with E-state index < -0.39 is 0 Å². The second-order valence-electron chi connectivity index (χ2n) is 5.51. The second-order valence-corrected chi connectivity index (χ2v) is 6.94. The van der Waals surface area contributed by atoms with E-state index in [2.05, 4.69) is 13.8 Å². The summed E-state index contributed by atoms with van der Waals surface area (Å²) in [6, 6.07) is 8.00. The maximum absolute atomic E-state index is 12.8. The highest BCUT2D eigenvalue weighted by Gasteiger charge is 2.20. The molecule has 0 atom stereocenters. The summed E-state index contributed by atoms with van der Waals surface area (Å²) in [7, 11) is 0. The fourth-order valence-electron chi connectivity index (χ4n) is 2.28. The van der Waals surface area contributed by atoms with Crippen LogP contribution in [0.5, 0.6) is 0 Å². The van der Waals surface area contributed by atoms with Crippen molar-refractivity contribution in [3.05, 3.63) is 35.2 Å². The van der Waals surface area contributed by atoms with Crippen LogP contribution in [0.3, 0.4) is 0 Å². The Labute approximate surface area is 134 Å². The van der Waals surface area contributed by atoms with E-state index in [-0.39, 0.29) is 5.91 Å². The van der Waals surface area contributed by atoms with E-state index in [4.69, 9.17) is 18.0 Å². The molecule has 0 fully saturated rings. The Balaban J connectivity index is 2.26. The van der Waals surface area contributed by atoms with Crippen molar-refractivity contribution >= 4 is 44.5 Å². The number of amides is 1. The first-order valence-electron chi connectivity index (χ1n) is 7.03. The van der Waals surface area contributed by atoms with Gasteiger partial charge in [0.25, 0.3) is 5.91 Å². The highest BCUT2D eigenvalue weighted by Crippen LogP contribution is 2.27. The van der Waals surface area contributed by atoms with Crippen LogP contribution in [-0.4, -0.2) is 28.9 Å². The van der Waals surface area contributed by atoms with Gasteiger partial charge in [-0.3, -0.25) is 4.79 Å². The summed E-state index contributed by atoms with van der Waals surface area (Å²) in [5.41, 5.74) is 6.35. The van der Waals surface area contributed by atoms with Gasteiger partial charge in [0.1, 0.15) is 0 Å². The van der Waals surface area contributed by atoms with Gasteiger partial charge in [0.2, 0.25) is 0 Å². The van der Waals surface area contributed by atoms with Crippen molar-refractivity contribution in [1.29, 1.82) is 0 Å². The van der Waals surface area contributed by atoms with E-state index in [1.807, 2.05) is 34.5 Å². The Morgan fingerprint density at radius 3 is 2.76 bits per heavy atom. The number of rotatable bonds is 6. The molecule has 0 spiro atoms. The van der Waals surface area contributed by atoms with Crippen LogP contribution in [0.4, 0.5) is 0 Å². The fraction of sp³-hybridized carbons (Fsp3) is 0.375. The van der Waals surface area contributed by atoms with E-state index in [0.29, 0.717) is 30.4 Å². The summed E-state index contributed by atoms with van der Waals surface area (Å²) >= 11 is 6.54. The second kappa shape index (κ2) is 7.00. The van der Waals surface area contributed by atoms with Crippen LogP contribution in [0.2, 0.25) is 0 Å². The lowest BCUT2D eigenvalue weighted by Gasteiger charge is -2.24. The van der Waals surface area contributed by atoms with Crippen molar-refractivity contribution in [3.63, 3.8) is 0 Å². The molecule has 0 aliphatic heterocycles. The number of thiophene rings is 1. The van der Waals surface area contributed by atoms with Gasteiger partial charge < -0.3 is 10.6 Å². The van der Waals surface area contributed by atoms with Crippen molar-refractivity contribution < 1.29 is 4.79 Å². The maximum Gasteiger partial charge on any atom is 0.255 e. The average molecular weight is 320 g/mol. The normalized spacial score (nSPS) is 11.0. The number of nitrogens with zero attached hydrogens (tertiary/aromatic N) is 1. The van der Waals surface area contributed by atoms with Crippen molar-refractivity contribution in [3.8, 4) is 0 Å². The topological polar surface area (TPSA) is 46.3 Å². The predicted octanol–water partition coefficient (Wildman–Crippen LogP) is 3.68. The number of hydrogen-bond donors (Lipinski definition) is 1. The van der Waals surface area contributed by atoms with Crippen LogP contribution < -0.4 is 5.73 Å². The Bertz CT molecular complexity index is 649. The van der Waals surface area contributed by atoms with Crippen LogP contribution in [0, 0.1) is 5.92 Å². The van der Waals surface area contributed by atoms with E-state index in [1.54, 1.807) is 11.3 Å². The highest BCUT2D eigenvalue weighted by atomic mass is 32.1. The molecule has 2 N–H and O–H groups in total. The van der Waals surface area contributed by atoms with Crippen LogP contribution >= 0.6 is 23.6 Å².